The van der Waals surface area contributed by atoms with Gasteiger partial charge in [0.25, 0.3) is 0 Å². The molecule has 0 aliphatic rings. The summed E-state index contributed by atoms with van der Waals surface area (Å²) in [4.78, 5) is 16.7. The smallest absolute Gasteiger partial charge is 0.152 e. The number of carbonyl (C=O) groups excluding carboxylic acids is 1. The van der Waals surface area contributed by atoms with Crippen LogP contribution in [0, 0.1) is 19.7 Å². The van der Waals surface area contributed by atoms with Gasteiger partial charge in [0.15, 0.2) is 6.29 Å². The number of rotatable bonds is 2. The van der Waals surface area contributed by atoms with Gasteiger partial charge in [-0.15, -0.1) is 11.3 Å². The van der Waals surface area contributed by atoms with Crippen molar-refractivity contribution in [3.63, 3.8) is 0 Å². The average molecular weight is 273 g/mol. The number of hydrogen-bond acceptors (Lipinski definition) is 2. The molecular weight excluding hydrogens is 261 g/mol. The lowest BCUT2D eigenvalue weighted by Gasteiger charge is -1.97. The molecule has 0 saturated heterocycles. The van der Waals surface area contributed by atoms with Gasteiger partial charge in [-0.3, -0.25) is 4.79 Å². The lowest BCUT2D eigenvalue weighted by molar-refractivity contribution is 0.112. The highest BCUT2D eigenvalue weighted by atomic mass is 32.1. The molecule has 0 spiro atoms. The highest BCUT2D eigenvalue weighted by Crippen LogP contribution is 2.35. The fraction of sp³-hybridized carbons (Fsp3) is 0.133. The highest BCUT2D eigenvalue weighted by Gasteiger charge is 2.17. The van der Waals surface area contributed by atoms with Crippen LogP contribution in [0.2, 0.25) is 0 Å². The van der Waals surface area contributed by atoms with Gasteiger partial charge in [-0.1, -0.05) is 12.1 Å². The van der Waals surface area contributed by atoms with Crippen LogP contribution < -0.4 is 0 Å². The third-order valence-corrected chi connectivity index (χ3v) is 4.22. The molecule has 1 aromatic carbocycles. The van der Waals surface area contributed by atoms with E-state index in [0.29, 0.717) is 22.2 Å². The summed E-state index contributed by atoms with van der Waals surface area (Å²) in [5.74, 6) is -0.337. The number of aryl methyl sites for hydroxylation is 2. The largest absolute Gasteiger partial charge is 0.351 e. The van der Waals surface area contributed by atoms with Crippen molar-refractivity contribution in [1.82, 2.24) is 4.98 Å². The second-order valence-corrected chi connectivity index (χ2v) is 5.98. The molecule has 1 N–H and O–H groups in total. The molecule has 0 atom stereocenters. The number of halogens is 1. The van der Waals surface area contributed by atoms with Crippen LogP contribution in [-0.2, 0) is 0 Å². The fourth-order valence-electron chi connectivity index (χ4n) is 2.42. The van der Waals surface area contributed by atoms with E-state index in [0.717, 1.165) is 16.7 Å². The second kappa shape index (κ2) is 4.31. The van der Waals surface area contributed by atoms with Crippen molar-refractivity contribution in [2.75, 3.05) is 0 Å². The molecule has 0 aliphatic carbocycles. The number of thiophene rings is 1. The first-order chi connectivity index (χ1) is 9.11. The van der Waals surface area contributed by atoms with Crippen LogP contribution in [0.1, 0.15) is 20.1 Å². The van der Waals surface area contributed by atoms with Gasteiger partial charge >= 0.3 is 0 Å². The average Bonchev–Trinajstić information content (AvgIpc) is 2.90. The lowest BCUT2D eigenvalue weighted by atomic mass is 10.1. The van der Waals surface area contributed by atoms with Crippen molar-refractivity contribution in [2.24, 2.45) is 0 Å². The Labute approximate surface area is 113 Å². The van der Waals surface area contributed by atoms with Crippen molar-refractivity contribution < 1.29 is 9.18 Å². The van der Waals surface area contributed by atoms with Crippen LogP contribution >= 0.6 is 11.3 Å². The van der Waals surface area contributed by atoms with E-state index in [1.165, 1.54) is 10.9 Å². The van der Waals surface area contributed by atoms with E-state index >= 15 is 0 Å². The molecular formula is C15H12FNOS. The molecule has 3 aromatic rings. The summed E-state index contributed by atoms with van der Waals surface area (Å²) in [6, 6.07) is 6.79. The number of aromatic amines is 1. The molecule has 0 aliphatic heterocycles. The van der Waals surface area contributed by atoms with Crippen LogP contribution in [0.15, 0.2) is 24.3 Å². The zero-order valence-electron chi connectivity index (χ0n) is 10.6. The number of aldehydes is 1. The number of benzene rings is 1. The van der Waals surface area contributed by atoms with Gasteiger partial charge in [-0.25, -0.2) is 4.39 Å². The summed E-state index contributed by atoms with van der Waals surface area (Å²) >= 11 is 1.67. The summed E-state index contributed by atoms with van der Waals surface area (Å²) < 4.78 is 13.8. The third-order valence-electron chi connectivity index (χ3n) is 3.25. The van der Waals surface area contributed by atoms with E-state index < -0.39 is 0 Å². The Hall–Kier alpha value is -1.94. The van der Waals surface area contributed by atoms with Crippen LogP contribution in [0.5, 0.6) is 0 Å². The van der Waals surface area contributed by atoms with E-state index in [2.05, 4.69) is 4.98 Å². The van der Waals surface area contributed by atoms with E-state index in [-0.39, 0.29) is 5.82 Å². The van der Waals surface area contributed by atoms with E-state index in [9.17, 15) is 9.18 Å². The number of fused-ring (bicyclic) bond motifs is 1. The van der Waals surface area contributed by atoms with Crippen molar-refractivity contribution >= 4 is 28.5 Å². The number of H-pyrrole nitrogens is 1. The first kappa shape index (κ1) is 12.1. The Morgan fingerprint density at radius 2 is 2.11 bits per heavy atom. The van der Waals surface area contributed by atoms with Crippen molar-refractivity contribution in [3.8, 4) is 11.3 Å². The van der Waals surface area contributed by atoms with Crippen molar-refractivity contribution in [3.05, 3.63) is 45.4 Å². The maximum atomic E-state index is 13.8. The molecule has 0 bridgehead atoms. The highest BCUT2D eigenvalue weighted by molar-refractivity contribution is 7.12. The van der Waals surface area contributed by atoms with Crippen LogP contribution in [0.3, 0.4) is 0 Å². The van der Waals surface area contributed by atoms with Gasteiger partial charge < -0.3 is 4.98 Å². The predicted octanol–water partition coefficient (Wildman–Crippen LogP) is 4.46. The SMILES string of the molecule is Cc1cc(-c2[nH]c3c(F)cccc3c2C=O)c(C)s1. The molecule has 2 nitrogen and oxygen atoms in total. The maximum Gasteiger partial charge on any atom is 0.152 e. The Morgan fingerprint density at radius 1 is 1.32 bits per heavy atom. The zero-order valence-corrected chi connectivity index (χ0v) is 11.4. The third kappa shape index (κ3) is 1.79. The van der Waals surface area contributed by atoms with Crippen LogP contribution in [-0.4, -0.2) is 11.3 Å². The number of aromatic nitrogens is 1. The number of nitrogens with one attached hydrogen (secondary N) is 1. The molecule has 2 heterocycles. The molecule has 3 rings (SSSR count). The predicted molar refractivity (Wildman–Crippen MR) is 76.4 cm³/mol. The van der Waals surface area contributed by atoms with Crippen molar-refractivity contribution in [2.45, 2.75) is 13.8 Å². The van der Waals surface area contributed by atoms with Gasteiger partial charge in [0.05, 0.1) is 11.2 Å². The Kier molecular flexibility index (Phi) is 2.75. The van der Waals surface area contributed by atoms with Crippen molar-refractivity contribution in [1.29, 1.82) is 0 Å². The van der Waals surface area contributed by atoms with E-state index in [1.54, 1.807) is 23.5 Å². The zero-order chi connectivity index (χ0) is 13.6. The van der Waals surface area contributed by atoms with Gasteiger partial charge in [0.2, 0.25) is 0 Å². The summed E-state index contributed by atoms with van der Waals surface area (Å²) in [5.41, 5.74) is 2.59. The number of para-hydroxylation sites is 1. The Bertz CT molecular complexity index is 785. The normalized spacial score (nSPS) is 11.1. The standard InChI is InChI=1S/C15H12FNOS/c1-8-6-11(9(2)19-8)14-12(7-18)10-4-3-5-13(16)15(10)17-14/h3-7,17H,1-2H3. The monoisotopic (exact) mass is 273 g/mol. The molecule has 0 fully saturated rings. The minimum absolute atomic E-state index is 0.337. The molecule has 19 heavy (non-hydrogen) atoms. The van der Waals surface area contributed by atoms with E-state index in [4.69, 9.17) is 0 Å². The van der Waals surface area contributed by atoms with Gasteiger partial charge in [-0.05, 0) is 26.0 Å². The summed E-state index contributed by atoms with van der Waals surface area (Å²) in [6.45, 7) is 4.02. The minimum atomic E-state index is -0.337. The van der Waals surface area contributed by atoms with Crippen LogP contribution in [0.4, 0.5) is 4.39 Å². The molecule has 2 aromatic heterocycles. The molecule has 0 radical (unpaired) electrons. The summed E-state index contributed by atoms with van der Waals surface area (Å²) in [5, 5.41) is 0.633. The number of carbonyl (C=O) groups is 1. The first-order valence-electron chi connectivity index (χ1n) is 5.94. The Balaban J connectivity index is 2.38. The Morgan fingerprint density at radius 3 is 2.74 bits per heavy atom. The molecule has 0 amide bonds. The molecule has 0 unspecified atom stereocenters. The van der Waals surface area contributed by atoms with Gasteiger partial charge in [0, 0.05) is 26.3 Å². The first-order valence-corrected chi connectivity index (χ1v) is 6.76. The second-order valence-electron chi connectivity index (χ2n) is 4.52. The molecule has 96 valence electrons. The van der Waals surface area contributed by atoms with Gasteiger partial charge in [-0.2, -0.15) is 0 Å². The molecule has 0 saturated carbocycles. The topological polar surface area (TPSA) is 32.9 Å². The summed E-state index contributed by atoms with van der Waals surface area (Å²) in [7, 11) is 0. The summed E-state index contributed by atoms with van der Waals surface area (Å²) in [6.07, 6.45) is 0.792. The maximum absolute atomic E-state index is 13.8. The quantitative estimate of drug-likeness (QED) is 0.687. The van der Waals surface area contributed by atoms with Crippen LogP contribution in [0.25, 0.3) is 22.2 Å². The van der Waals surface area contributed by atoms with Gasteiger partial charge in [0.1, 0.15) is 5.82 Å². The fourth-order valence-corrected chi connectivity index (χ4v) is 3.35. The van der Waals surface area contributed by atoms with E-state index in [1.807, 2.05) is 19.9 Å². The number of hydrogen-bond donors (Lipinski definition) is 1. The lowest BCUT2D eigenvalue weighted by Crippen LogP contribution is -1.84. The molecule has 4 heteroatoms. The minimum Gasteiger partial charge on any atom is -0.351 e.